The van der Waals surface area contributed by atoms with Gasteiger partial charge in [-0.05, 0) is 12.1 Å². The zero-order chi connectivity index (χ0) is 13.3. The number of pyridine rings is 1. The van der Waals surface area contributed by atoms with Crippen LogP contribution in [0.2, 0.25) is 0 Å². The van der Waals surface area contributed by atoms with Crippen molar-refractivity contribution < 1.29 is 9.59 Å². The SMILES string of the molecule is CN(C)C(=O)CC1Sc2ncccc2N(C)C1=O. The number of thioether (sulfide) groups is 1. The van der Waals surface area contributed by atoms with E-state index in [1.165, 1.54) is 16.7 Å². The number of fused-ring (bicyclic) bond motifs is 1. The molecule has 0 bridgehead atoms. The van der Waals surface area contributed by atoms with Gasteiger partial charge in [-0.15, -0.1) is 0 Å². The lowest BCUT2D eigenvalue weighted by atomic mass is 10.2. The van der Waals surface area contributed by atoms with Crippen LogP contribution in [0.3, 0.4) is 0 Å². The van der Waals surface area contributed by atoms with Crippen molar-refractivity contribution in [1.29, 1.82) is 0 Å². The van der Waals surface area contributed by atoms with Crippen LogP contribution in [0, 0.1) is 0 Å². The summed E-state index contributed by atoms with van der Waals surface area (Å²) in [6, 6.07) is 3.66. The van der Waals surface area contributed by atoms with Gasteiger partial charge in [-0.1, -0.05) is 11.8 Å². The lowest BCUT2D eigenvalue weighted by Gasteiger charge is -2.30. The molecule has 2 rings (SSSR count). The van der Waals surface area contributed by atoms with Gasteiger partial charge in [0.15, 0.2) is 0 Å². The molecule has 0 aliphatic carbocycles. The molecule has 0 saturated carbocycles. The van der Waals surface area contributed by atoms with E-state index >= 15 is 0 Å². The van der Waals surface area contributed by atoms with Crippen molar-refractivity contribution in [3.63, 3.8) is 0 Å². The Morgan fingerprint density at radius 1 is 1.56 bits per heavy atom. The number of aromatic nitrogens is 1. The van der Waals surface area contributed by atoms with Crippen molar-refractivity contribution in [2.75, 3.05) is 26.0 Å². The van der Waals surface area contributed by atoms with Crippen molar-refractivity contribution in [1.82, 2.24) is 9.88 Å². The van der Waals surface area contributed by atoms with E-state index < -0.39 is 0 Å². The predicted octanol–water partition coefficient (Wildman–Crippen LogP) is 0.997. The Bertz CT molecular complexity index is 490. The minimum atomic E-state index is -0.382. The van der Waals surface area contributed by atoms with Gasteiger partial charge >= 0.3 is 0 Å². The van der Waals surface area contributed by atoms with Gasteiger partial charge in [0.2, 0.25) is 11.8 Å². The molecule has 0 saturated heterocycles. The molecular weight excluding hydrogens is 250 g/mol. The van der Waals surface area contributed by atoms with Crippen LogP contribution in [0.15, 0.2) is 23.4 Å². The highest BCUT2D eigenvalue weighted by Crippen LogP contribution is 2.37. The number of hydrogen-bond acceptors (Lipinski definition) is 4. The van der Waals surface area contributed by atoms with E-state index in [-0.39, 0.29) is 23.5 Å². The van der Waals surface area contributed by atoms with E-state index in [0.717, 1.165) is 10.7 Å². The summed E-state index contributed by atoms with van der Waals surface area (Å²) in [5.41, 5.74) is 0.807. The van der Waals surface area contributed by atoms with E-state index in [0.29, 0.717) is 0 Å². The molecule has 1 atom stereocenters. The highest BCUT2D eigenvalue weighted by molar-refractivity contribution is 8.00. The minimum Gasteiger partial charge on any atom is -0.349 e. The Morgan fingerprint density at radius 3 is 2.94 bits per heavy atom. The van der Waals surface area contributed by atoms with Gasteiger partial charge in [0.05, 0.1) is 10.9 Å². The molecule has 5 nitrogen and oxygen atoms in total. The maximum Gasteiger partial charge on any atom is 0.240 e. The third-order valence-electron chi connectivity index (χ3n) is 2.83. The zero-order valence-corrected chi connectivity index (χ0v) is 11.4. The fourth-order valence-electron chi connectivity index (χ4n) is 1.72. The van der Waals surface area contributed by atoms with Gasteiger partial charge < -0.3 is 9.80 Å². The summed E-state index contributed by atoms with van der Waals surface area (Å²) in [5, 5.41) is 0.420. The van der Waals surface area contributed by atoms with Crippen molar-refractivity contribution in [3.8, 4) is 0 Å². The first-order chi connectivity index (χ1) is 8.50. The summed E-state index contributed by atoms with van der Waals surface area (Å²) >= 11 is 1.36. The fraction of sp³-hybridized carbons (Fsp3) is 0.417. The van der Waals surface area contributed by atoms with E-state index in [1.54, 1.807) is 38.3 Å². The third-order valence-corrected chi connectivity index (χ3v) is 4.02. The predicted molar refractivity (Wildman–Crippen MR) is 70.6 cm³/mol. The van der Waals surface area contributed by atoms with Crippen LogP contribution in [0.5, 0.6) is 0 Å². The molecule has 0 aromatic carbocycles. The van der Waals surface area contributed by atoms with E-state index in [2.05, 4.69) is 4.98 Å². The van der Waals surface area contributed by atoms with Gasteiger partial charge in [-0.25, -0.2) is 4.98 Å². The standard InChI is InChI=1S/C12H15N3O2S/c1-14(2)10(16)7-9-12(17)15(3)8-5-4-6-13-11(8)18-9/h4-6,9H,7H2,1-3H3. The Morgan fingerprint density at radius 2 is 2.28 bits per heavy atom. The number of carbonyl (C=O) groups excluding carboxylic acids is 2. The average molecular weight is 265 g/mol. The summed E-state index contributed by atoms with van der Waals surface area (Å²) in [5.74, 6) is -0.0932. The van der Waals surface area contributed by atoms with E-state index in [4.69, 9.17) is 0 Å². The topological polar surface area (TPSA) is 53.5 Å². The minimum absolute atomic E-state index is 0.0456. The Kier molecular flexibility index (Phi) is 3.56. The first kappa shape index (κ1) is 12.9. The number of nitrogens with zero attached hydrogens (tertiary/aromatic N) is 3. The molecule has 0 radical (unpaired) electrons. The van der Waals surface area contributed by atoms with E-state index in [1.807, 2.05) is 6.07 Å². The third kappa shape index (κ3) is 2.33. The highest BCUT2D eigenvalue weighted by atomic mass is 32.2. The van der Waals surface area contributed by atoms with Gasteiger partial charge in [0, 0.05) is 33.8 Å². The average Bonchev–Trinajstić information content (AvgIpc) is 2.35. The molecule has 96 valence electrons. The number of carbonyl (C=O) groups is 2. The van der Waals surface area contributed by atoms with Crippen LogP contribution in [0.4, 0.5) is 5.69 Å². The number of rotatable bonds is 2. The van der Waals surface area contributed by atoms with Crippen molar-refractivity contribution in [2.45, 2.75) is 16.7 Å². The van der Waals surface area contributed by atoms with Crippen LogP contribution < -0.4 is 4.90 Å². The van der Waals surface area contributed by atoms with Gasteiger partial charge in [-0.2, -0.15) is 0 Å². The summed E-state index contributed by atoms with van der Waals surface area (Å²) in [6.45, 7) is 0. The molecule has 0 spiro atoms. The molecule has 6 heteroatoms. The molecule has 1 aromatic heterocycles. The second kappa shape index (κ2) is 4.97. The lowest BCUT2D eigenvalue weighted by molar-refractivity contribution is -0.130. The molecular formula is C12H15N3O2S. The second-order valence-electron chi connectivity index (χ2n) is 4.32. The molecule has 2 amide bonds. The maximum atomic E-state index is 12.2. The molecule has 2 heterocycles. The molecule has 0 fully saturated rings. The molecule has 1 aliphatic heterocycles. The van der Waals surface area contributed by atoms with Gasteiger partial charge in [0.25, 0.3) is 0 Å². The van der Waals surface area contributed by atoms with Crippen molar-refractivity contribution >= 4 is 29.3 Å². The summed E-state index contributed by atoms with van der Waals surface area (Å²) in [6.07, 6.45) is 1.90. The maximum absolute atomic E-state index is 12.2. The molecule has 0 N–H and O–H groups in total. The Labute approximate surface area is 110 Å². The lowest BCUT2D eigenvalue weighted by Crippen LogP contribution is -2.40. The monoisotopic (exact) mass is 265 g/mol. The Hall–Kier alpha value is -1.56. The second-order valence-corrected chi connectivity index (χ2v) is 5.52. The summed E-state index contributed by atoms with van der Waals surface area (Å²) in [4.78, 5) is 31.2. The highest BCUT2D eigenvalue weighted by Gasteiger charge is 2.33. The van der Waals surface area contributed by atoms with Crippen LogP contribution in [-0.2, 0) is 9.59 Å². The molecule has 1 aromatic rings. The quantitative estimate of drug-likeness (QED) is 0.800. The zero-order valence-electron chi connectivity index (χ0n) is 10.6. The molecule has 18 heavy (non-hydrogen) atoms. The number of hydrogen-bond donors (Lipinski definition) is 0. The van der Waals surface area contributed by atoms with Crippen LogP contribution in [0.25, 0.3) is 0 Å². The number of amides is 2. The fourth-order valence-corrected chi connectivity index (χ4v) is 2.92. The first-order valence-corrected chi connectivity index (χ1v) is 6.48. The van der Waals surface area contributed by atoms with Crippen LogP contribution in [-0.4, -0.2) is 48.1 Å². The molecule has 1 aliphatic rings. The normalized spacial score (nSPS) is 18.5. The van der Waals surface area contributed by atoms with Crippen molar-refractivity contribution in [3.05, 3.63) is 18.3 Å². The summed E-state index contributed by atoms with van der Waals surface area (Å²) < 4.78 is 0. The smallest absolute Gasteiger partial charge is 0.240 e. The van der Waals surface area contributed by atoms with Crippen LogP contribution in [0.1, 0.15) is 6.42 Å². The first-order valence-electron chi connectivity index (χ1n) is 5.60. The largest absolute Gasteiger partial charge is 0.349 e. The van der Waals surface area contributed by atoms with E-state index in [9.17, 15) is 9.59 Å². The Balaban J connectivity index is 2.22. The van der Waals surface area contributed by atoms with Crippen LogP contribution >= 0.6 is 11.8 Å². The number of anilines is 1. The van der Waals surface area contributed by atoms with Gasteiger partial charge in [-0.3, -0.25) is 9.59 Å². The van der Waals surface area contributed by atoms with Gasteiger partial charge in [0.1, 0.15) is 5.03 Å². The summed E-state index contributed by atoms with van der Waals surface area (Å²) in [7, 11) is 5.10. The van der Waals surface area contributed by atoms with Crippen molar-refractivity contribution in [2.24, 2.45) is 0 Å². The molecule has 1 unspecified atom stereocenters.